The zero-order chi connectivity index (χ0) is 12.4. The second kappa shape index (κ2) is 4.25. The van der Waals surface area contributed by atoms with Crippen LogP contribution in [0.2, 0.25) is 0 Å². The zero-order valence-electron chi connectivity index (χ0n) is 8.94. The lowest BCUT2D eigenvalue weighted by Crippen LogP contribution is -2.02. The highest BCUT2D eigenvalue weighted by molar-refractivity contribution is 5.90. The first-order valence-electron chi connectivity index (χ1n) is 4.72. The summed E-state index contributed by atoms with van der Waals surface area (Å²) in [5, 5.41) is 3.45. The van der Waals surface area contributed by atoms with Crippen molar-refractivity contribution in [2.45, 2.75) is 0 Å². The number of hydrogen-bond acceptors (Lipinski definition) is 5. The number of methoxy groups -OCH3 is 1. The van der Waals surface area contributed by atoms with E-state index in [0.717, 1.165) is 6.07 Å². The molecule has 0 saturated carbocycles. The molecule has 6 heteroatoms. The van der Waals surface area contributed by atoms with Crippen molar-refractivity contribution in [1.82, 2.24) is 5.16 Å². The number of halogens is 1. The van der Waals surface area contributed by atoms with E-state index in [-0.39, 0.29) is 17.0 Å². The lowest BCUT2D eigenvalue weighted by atomic mass is 10.1. The summed E-state index contributed by atoms with van der Waals surface area (Å²) in [5.41, 5.74) is 6.17. The molecule has 2 rings (SSSR count). The van der Waals surface area contributed by atoms with E-state index in [1.54, 1.807) is 0 Å². The molecular formula is C11H9FN2O3. The van der Waals surface area contributed by atoms with Crippen LogP contribution in [0.4, 0.5) is 10.3 Å². The van der Waals surface area contributed by atoms with E-state index in [4.69, 9.17) is 5.73 Å². The van der Waals surface area contributed by atoms with E-state index >= 15 is 0 Å². The summed E-state index contributed by atoms with van der Waals surface area (Å²) in [7, 11) is 1.23. The Bertz CT molecular complexity index is 566. The zero-order valence-corrected chi connectivity index (χ0v) is 8.94. The van der Waals surface area contributed by atoms with Crippen LogP contribution in [0, 0.1) is 5.82 Å². The molecule has 0 fully saturated rings. The number of benzene rings is 1. The van der Waals surface area contributed by atoms with Gasteiger partial charge in [0.05, 0.1) is 24.4 Å². The largest absolute Gasteiger partial charge is 0.465 e. The monoisotopic (exact) mass is 236 g/mol. The molecule has 0 bridgehead atoms. The van der Waals surface area contributed by atoms with Gasteiger partial charge < -0.3 is 15.0 Å². The Kier molecular flexibility index (Phi) is 2.78. The van der Waals surface area contributed by atoms with Gasteiger partial charge in [-0.15, -0.1) is 0 Å². The predicted octanol–water partition coefficient (Wildman–Crippen LogP) is 1.85. The summed E-state index contributed by atoms with van der Waals surface area (Å²) in [6, 6.07) is 3.94. The normalized spacial score (nSPS) is 10.2. The number of esters is 1. The van der Waals surface area contributed by atoms with Crippen LogP contribution in [0.15, 0.2) is 28.9 Å². The molecule has 0 unspecified atom stereocenters. The molecule has 2 aromatic rings. The quantitative estimate of drug-likeness (QED) is 0.805. The van der Waals surface area contributed by atoms with Crippen LogP contribution < -0.4 is 5.73 Å². The molecule has 0 saturated heterocycles. The minimum atomic E-state index is -0.603. The molecule has 5 nitrogen and oxygen atoms in total. The second-order valence-corrected chi connectivity index (χ2v) is 3.29. The topological polar surface area (TPSA) is 78.3 Å². The summed E-state index contributed by atoms with van der Waals surface area (Å²) in [6.07, 6.45) is 1.31. The SMILES string of the molecule is COC(=O)c1ccc(-c2cnoc2N)c(F)c1. The lowest BCUT2D eigenvalue weighted by Gasteiger charge is -2.03. The Morgan fingerprint density at radius 1 is 1.47 bits per heavy atom. The second-order valence-electron chi connectivity index (χ2n) is 3.29. The highest BCUT2D eigenvalue weighted by Gasteiger charge is 2.14. The molecule has 2 N–H and O–H groups in total. The van der Waals surface area contributed by atoms with Crippen molar-refractivity contribution >= 4 is 11.9 Å². The predicted molar refractivity (Wildman–Crippen MR) is 57.6 cm³/mol. The standard InChI is InChI=1S/C11H9FN2O3/c1-16-11(15)6-2-3-7(9(12)4-6)8-5-14-17-10(8)13/h2-5H,13H2,1H3. The number of carbonyl (C=O) groups excluding carboxylic acids is 1. The van der Waals surface area contributed by atoms with Crippen molar-refractivity contribution in [3.8, 4) is 11.1 Å². The molecule has 0 spiro atoms. The maximum atomic E-state index is 13.8. The number of nitrogen functional groups attached to an aromatic ring is 1. The van der Waals surface area contributed by atoms with E-state index in [1.165, 1.54) is 25.4 Å². The van der Waals surface area contributed by atoms with Crippen LogP contribution in [0.5, 0.6) is 0 Å². The van der Waals surface area contributed by atoms with E-state index in [9.17, 15) is 9.18 Å². The number of carbonyl (C=O) groups is 1. The number of hydrogen-bond donors (Lipinski definition) is 1. The highest BCUT2D eigenvalue weighted by Crippen LogP contribution is 2.28. The maximum absolute atomic E-state index is 13.8. The summed E-state index contributed by atoms with van der Waals surface area (Å²) in [6.45, 7) is 0. The summed E-state index contributed by atoms with van der Waals surface area (Å²) in [5.74, 6) is -1.17. The van der Waals surface area contributed by atoms with Gasteiger partial charge in [-0.1, -0.05) is 11.2 Å². The molecule has 0 radical (unpaired) electrons. The van der Waals surface area contributed by atoms with Gasteiger partial charge in [-0.2, -0.15) is 0 Å². The Hall–Kier alpha value is -2.37. The fourth-order valence-electron chi connectivity index (χ4n) is 1.43. The first-order valence-corrected chi connectivity index (χ1v) is 4.72. The Labute approximate surface area is 96.0 Å². The molecule has 0 amide bonds. The molecule has 88 valence electrons. The van der Waals surface area contributed by atoms with E-state index in [1.807, 2.05) is 0 Å². The molecule has 0 aliphatic rings. The molecule has 17 heavy (non-hydrogen) atoms. The molecule has 0 atom stereocenters. The Morgan fingerprint density at radius 2 is 2.24 bits per heavy atom. The average molecular weight is 236 g/mol. The van der Waals surface area contributed by atoms with Crippen molar-refractivity contribution in [3.63, 3.8) is 0 Å². The minimum absolute atomic E-state index is 0.0229. The van der Waals surface area contributed by atoms with Crippen molar-refractivity contribution in [2.75, 3.05) is 12.8 Å². The average Bonchev–Trinajstić information content (AvgIpc) is 2.74. The first kappa shape index (κ1) is 11.1. The van der Waals surface area contributed by atoms with Gasteiger partial charge in [0.15, 0.2) is 0 Å². The van der Waals surface area contributed by atoms with Crippen LogP contribution in [-0.2, 0) is 4.74 Å². The van der Waals surface area contributed by atoms with Crippen molar-refractivity contribution in [3.05, 3.63) is 35.8 Å². The van der Waals surface area contributed by atoms with Crippen LogP contribution >= 0.6 is 0 Å². The fourth-order valence-corrected chi connectivity index (χ4v) is 1.43. The third kappa shape index (κ3) is 1.96. The molecule has 1 aromatic heterocycles. The first-order chi connectivity index (χ1) is 8.13. The number of nitrogens with zero attached hydrogens (tertiary/aromatic N) is 1. The van der Waals surface area contributed by atoms with Gasteiger partial charge in [0.1, 0.15) is 5.82 Å². The van der Waals surface area contributed by atoms with Crippen molar-refractivity contribution in [2.24, 2.45) is 0 Å². The van der Waals surface area contributed by atoms with Gasteiger partial charge >= 0.3 is 5.97 Å². The van der Waals surface area contributed by atoms with Gasteiger partial charge in [0.2, 0.25) is 5.88 Å². The third-order valence-corrected chi connectivity index (χ3v) is 2.28. The van der Waals surface area contributed by atoms with Crippen LogP contribution in [0.3, 0.4) is 0 Å². The smallest absolute Gasteiger partial charge is 0.337 e. The summed E-state index contributed by atoms with van der Waals surface area (Å²) < 4.78 is 22.9. The number of rotatable bonds is 2. The van der Waals surface area contributed by atoms with Gasteiger partial charge in [0, 0.05) is 5.56 Å². The number of nitrogens with two attached hydrogens (primary N) is 1. The van der Waals surface area contributed by atoms with E-state index in [0.29, 0.717) is 5.56 Å². The highest BCUT2D eigenvalue weighted by atomic mass is 19.1. The van der Waals surface area contributed by atoms with Crippen molar-refractivity contribution < 1.29 is 18.4 Å². The molecule has 1 aromatic carbocycles. The summed E-state index contributed by atoms with van der Waals surface area (Å²) in [4.78, 5) is 11.2. The molecular weight excluding hydrogens is 227 g/mol. The fraction of sp³-hybridized carbons (Fsp3) is 0.0909. The summed E-state index contributed by atoms with van der Waals surface area (Å²) >= 11 is 0. The molecule has 0 aliphatic heterocycles. The number of anilines is 1. The molecule has 1 heterocycles. The van der Waals surface area contributed by atoms with E-state index in [2.05, 4.69) is 14.4 Å². The van der Waals surface area contributed by atoms with Gasteiger partial charge in [-0.3, -0.25) is 0 Å². The van der Waals surface area contributed by atoms with Gasteiger partial charge in [-0.05, 0) is 12.1 Å². The Morgan fingerprint density at radius 3 is 2.76 bits per heavy atom. The van der Waals surface area contributed by atoms with Gasteiger partial charge in [-0.25, -0.2) is 9.18 Å². The Balaban J connectivity index is 2.46. The van der Waals surface area contributed by atoms with Gasteiger partial charge in [0.25, 0.3) is 0 Å². The molecule has 0 aliphatic carbocycles. The van der Waals surface area contributed by atoms with Crippen LogP contribution in [0.25, 0.3) is 11.1 Å². The van der Waals surface area contributed by atoms with E-state index < -0.39 is 11.8 Å². The minimum Gasteiger partial charge on any atom is -0.465 e. The van der Waals surface area contributed by atoms with Crippen molar-refractivity contribution in [1.29, 1.82) is 0 Å². The van der Waals surface area contributed by atoms with Crippen LogP contribution in [-0.4, -0.2) is 18.2 Å². The number of aromatic nitrogens is 1. The lowest BCUT2D eigenvalue weighted by molar-refractivity contribution is 0.0600. The van der Waals surface area contributed by atoms with Crippen LogP contribution in [0.1, 0.15) is 10.4 Å². The third-order valence-electron chi connectivity index (χ3n) is 2.28. The maximum Gasteiger partial charge on any atom is 0.337 e. The number of ether oxygens (including phenoxy) is 1.